The number of hydrogen-bond acceptors (Lipinski definition) is 4. The van der Waals surface area contributed by atoms with Crippen LogP contribution in [-0.4, -0.2) is 62.8 Å². The zero-order valence-electron chi connectivity index (χ0n) is 15.3. The zero-order valence-corrected chi connectivity index (χ0v) is 16.9. The van der Waals surface area contributed by atoms with Crippen molar-refractivity contribution in [3.8, 4) is 5.69 Å². The number of carbonyl (C=O) groups excluding carboxylic acids is 2. The third-order valence-electron chi connectivity index (χ3n) is 5.48. The van der Waals surface area contributed by atoms with Gasteiger partial charge in [0, 0.05) is 36.6 Å². The number of nitrogens with zero attached hydrogens (tertiary/aromatic N) is 5. The van der Waals surface area contributed by atoms with Gasteiger partial charge in [0.15, 0.2) is 5.69 Å². The van der Waals surface area contributed by atoms with Crippen LogP contribution in [0.25, 0.3) is 5.69 Å². The van der Waals surface area contributed by atoms with Crippen molar-refractivity contribution in [3.63, 3.8) is 0 Å². The summed E-state index contributed by atoms with van der Waals surface area (Å²) < 4.78 is 2.61. The molecule has 2 heterocycles. The highest BCUT2D eigenvalue weighted by Gasteiger charge is 2.33. The predicted molar refractivity (Wildman–Crippen MR) is 104 cm³/mol. The molecule has 7 nitrogen and oxygen atoms in total. The lowest BCUT2D eigenvalue weighted by Crippen LogP contribution is -2.52. The summed E-state index contributed by atoms with van der Waals surface area (Å²) >= 11 is 3.45. The second-order valence-corrected chi connectivity index (χ2v) is 8.08. The van der Waals surface area contributed by atoms with Crippen molar-refractivity contribution in [2.24, 2.45) is 5.92 Å². The molecule has 2 fully saturated rings. The lowest BCUT2D eigenvalue weighted by atomic mass is 9.84. The molecule has 0 spiro atoms. The normalized spacial score (nSPS) is 17.7. The smallest absolute Gasteiger partial charge is 0.276 e. The topological polar surface area (TPSA) is 71.3 Å². The number of hydrogen-bond donors (Lipinski definition) is 0. The van der Waals surface area contributed by atoms with E-state index in [1.54, 1.807) is 9.58 Å². The molecule has 4 rings (SSSR count). The second kappa shape index (κ2) is 7.42. The van der Waals surface area contributed by atoms with Gasteiger partial charge in [0.2, 0.25) is 5.91 Å². The average Bonchev–Trinajstić information content (AvgIpc) is 3.01. The van der Waals surface area contributed by atoms with Crippen LogP contribution in [0.5, 0.6) is 0 Å². The van der Waals surface area contributed by atoms with E-state index in [0.717, 1.165) is 29.4 Å². The molecule has 1 aliphatic heterocycles. The molecule has 2 aromatic rings. The van der Waals surface area contributed by atoms with Crippen LogP contribution in [0, 0.1) is 12.8 Å². The minimum Gasteiger partial charge on any atom is -0.339 e. The number of aromatic nitrogens is 3. The molecule has 2 amide bonds. The van der Waals surface area contributed by atoms with Crippen LogP contribution in [0.15, 0.2) is 28.7 Å². The lowest BCUT2D eigenvalue weighted by Gasteiger charge is -2.38. The van der Waals surface area contributed by atoms with Crippen molar-refractivity contribution in [2.45, 2.75) is 26.2 Å². The first kappa shape index (κ1) is 18.2. The summed E-state index contributed by atoms with van der Waals surface area (Å²) in [6.45, 7) is 4.13. The van der Waals surface area contributed by atoms with Gasteiger partial charge in [-0.3, -0.25) is 9.59 Å². The van der Waals surface area contributed by atoms with Gasteiger partial charge in [-0.05, 0) is 38.0 Å². The molecule has 142 valence electrons. The van der Waals surface area contributed by atoms with Gasteiger partial charge >= 0.3 is 0 Å². The molecule has 0 N–H and O–H groups in total. The molecule has 27 heavy (non-hydrogen) atoms. The van der Waals surface area contributed by atoms with Crippen LogP contribution < -0.4 is 0 Å². The van der Waals surface area contributed by atoms with E-state index in [1.807, 2.05) is 36.1 Å². The SMILES string of the molecule is Cc1c(C(=O)N2CCN(C(=O)C3CCC3)CC2)nnn1-c1cccc(Br)c1. The van der Waals surface area contributed by atoms with Gasteiger partial charge in [-0.15, -0.1) is 5.10 Å². The summed E-state index contributed by atoms with van der Waals surface area (Å²) in [4.78, 5) is 28.9. The summed E-state index contributed by atoms with van der Waals surface area (Å²) in [5, 5.41) is 8.29. The standard InChI is InChI=1S/C19H22BrN5O2/c1-13-17(21-22-25(13)16-7-3-6-15(20)12-16)19(27)24-10-8-23(9-11-24)18(26)14-4-2-5-14/h3,6-7,12,14H,2,4-5,8-11H2,1H3. The molecule has 0 radical (unpaired) electrons. The number of amides is 2. The van der Waals surface area contributed by atoms with Crippen LogP contribution in [-0.2, 0) is 4.79 Å². The van der Waals surface area contributed by atoms with Gasteiger partial charge < -0.3 is 9.80 Å². The molecule has 0 bridgehead atoms. The van der Waals surface area contributed by atoms with Gasteiger partial charge in [-0.2, -0.15) is 0 Å². The first-order chi connectivity index (χ1) is 13.0. The van der Waals surface area contributed by atoms with E-state index in [4.69, 9.17) is 0 Å². The Morgan fingerprint density at radius 3 is 2.44 bits per heavy atom. The number of rotatable bonds is 3. The highest BCUT2D eigenvalue weighted by molar-refractivity contribution is 9.10. The minimum absolute atomic E-state index is 0.121. The van der Waals surface area contributed by atoms with Crippen LogP contribution in [0.3, 0.4) is 0 Å². The molecular weight excluding hydrogens is 410 g/mol. The first-order valence-corrected chi connectivity index (χ1v) is 10.1. The largest absolute Gasteiger partial charge is 0.339 e. The van der Waals surface area contributed by atoms with Crippen molar-refractivity contribution in [1.82, 2.24) is 24.8 Å². The van der Waals surface area contributed by atoms with Crippen LogP contribution in [0.2, 0.25) is 0 Å². The molecule has 1 saturated heterocycles. The number of carbonyl (C=O) groups is 2. The highest BCUT2D eigenvalue weighted by atomic mass is 79.9. The fraction of sp³-hybridized carbons (Fsp3) is 0.474. The van der Waals surface area contributed by atoms with Crippen LogP contribution in [0.4, 0.5) is 0 Å². The molecule has 1 aromatic carbocycles. The monoisotopic (exact) mass is 431 g/mol. The van der Waals surface area contributed by atoms with Crippen molar-refractivity contribution >= 4 is 27.7 Å². The lowest BCUT2D eigenvalue weighted by molar-refractivity contribution is -0.139. The Balaban J connectivity index is 1.44. The number of halogens is 1. The maximum Gasteiger partial charge on any atom is 0.276 e. The second-order valence-electron chi connectivity index (χ2n) is 7.16. The van der Waals surface area contributed by atoms with Crippen molar-refractivity contribution < 1.29 is 9.59 Å². The summed E-state index contributed by atoms with van der Waals surface area (Å²) in [6.07, 6.45) is 3.17. The highest BCUT2D eigenvalue weighted by Crippen LogP contribution is 2.28. The summed E-state index contributed by atoms with van der Waals surface area (Å²) in [5.41, 5.74) is 1.93. The maximum atomic E-state index is 12.9. The van der Waals surface area contributed by atoms with Crippen molar-refractivity contribution in [3.05, 3.63) is 40.1 Å². The molecule has 8 heteroatoms. The summed E-state index contributed by atoms with van der Waals surface area (Å²) in [7, 11) is 0. The Morgan fingerprint density at radius 2 is 1.81 bits per heavy atom. The fourth-order valence-electron chi connectivity index (χ4n) is 3.57. The number of piperazine rings is 1. The van der Waals surface area contributed by atoms with Gasteiger partial charge in [0.25, 0.3) is 5.91 Å². The van der Waals surface area contributed by atoms with Gasteiger partial charge in [0.05, 0.1) is 11.4 Å². The zero-order chi connectivity index (χ0) is 19.0. The van der Waals surface area contributed by atoms with Crippen LogP contribution >= 0.6 is 15.9 Å². The Hall–Kier alpha value is -2.22. The quantitative estimate of drug-likeness (QED) is 0.747. The number of benzene rings is 1. The molecular formula is C19H22BrN5O2. The van der Waals surface area contributed by atoms with E-state index in [9.17, 15) is 9.59 Å². The van der Waals surface area contributed by atoms with Gasteiger partial charge in [0.1, 0.15) is 0 Å². The Bertz CT molecular complexity index is 869. The third kappa shape index (κ3) is 3.50. The van der Waals surface area contributed by atoms with E-state index in [0.29, 0.717) is 37.6 Å². The predicted octanol–water partition coefficient (Wildman–Crippen LogP) is 2.42. The Morgan fingerprint density at radius 1 is 1.11 bits per heavy atom. The van der Waals surface area contributed by atoms with E-state index < -0.39 is 0 Å². The third-order valence-corrected chi connectivity index (χ3v) is 5.98. The van der Waals surface area contributed by atoms with Gasteiger partial charge in [-0.25, -0.2) is 4.68 Å². The Labute approximate surface area is 166 Å². The maximum absolute atomic E-state index is 12.9. The van der Waals surface area contributed by atoms with Crippen molar-refractivity contribution in [2.75, 3.05) is 26.2 Å². The summed E-state index contributed by atoms with van der Waals surface area (Å²) in [5.74, 6) is 0.342. The molecule has 1 aromatic heterocycles. The van der Waals surface area contributed by atoms with E-state index >= 15 is 0 Å². The average molecular weight is 432 g/mol. The molecule has 0 unspecified atom stereocenters. The fourth-order valence-corrected chi connectivity index (χ4v) is 3.96. The molecule has 1 aliphatic carbocycles. The van der Waals surface area contributed by atoms with E-state index in [2.05, 4.69) is 26.2 Å². The minimum atomic E-state index is -0.121. The summed E-state index contributed by atoms with van der Waals surface area (Å²) in [6, 6.07) is 7.71. The van der Waals surface area contributed by atoms with Crippen molar-refractivity contribution in [1.29, 1.82) is 0 Å². The molecule has 0 atom stereocenters. The molecule has 1 saturated carbocycles. The molecule has 2 aliphatic rings. The van der Waals surface area contributed by atoms with E-state index in [1.165, 1.54) is 0 Å². The van der Waals surface area contributed by atoms with Crippen LogP contribution in [0.1, 0.15) is 35.4 Å². The first-order valence-electron chi connectivity index (χ1n) is 9.31. The Kier molecular flexibility index (Phi) is 4.99. The van der Waals surface area contributed by atoms with E-state index in [-0.39, 0.29) is 17.7 Å². The van der Waals surface area contributed by atoms with Gasteiger partial charge in [-0.1, -0.05) is 33.6 Å².